The molecule has 29 heavy (non-hydrogen) atoms. The molecular weight excluding hydrogens is 394 g/mol. The quantitative estimate of drug-likeness (QED) is 0.581. The van der Waals surface area contributed by atoms with Crippen molar-refractivity contribution < 1.29 is 19.4 Å². The molecule has 2 aromatic rings. The van der Waals surface area contributed by atoms with E-state index in [1.165, 1.54) is 12.1 Å². The summed E-state index contributed by atoms with van der Waals surface area (Å²) >= 11 is 6.33. The van der Waals surface area contributed by atoms with Gasteiger partial charge in [0.25, 0.3) is 5.91 Å². The summed E-state index contributed by atoms with van der Waals surface area (Å²) in [7, 11) is 0. The molecule has 0 radical (unpaired) electrons. The van der Waals surface area contributed by atoms with Gasteiger partial charge in [0.05, 0.1) is 23.2 Å². The third kappa shape index (κ3) is 4.63. The molecule has 0 aliphatic carbocycles. The predicted molar refractivity (Wildman–Crippen MR) is 110 cm³/mol. The van der Waals surface area contributed by atoms with Crippen molar-refractivity contribution >= 4 is 23.5 Å². The molecule has 0 saturated heterocycles. The molecule has 1 aliphatic rings. The molecule has 1 atom stereocenters. The van der Waals surface area contributed by atoms with Crippen LogP contribution in [0.3, 0.4) is 0 Å². The Morgan fingerprint density at radius 3 is 2.69 bits per heavy atom. The molecule has 1 heterocycles. The molecule has 3 rings (SSSR count). The van der Waals surface area contributed by atoms with Crippen LogP contribution in [0.5, 0.6) is 11.5 Å². The van der Waals surface area contributed by atoms with Crippen LogP contribution >= 0.6 is 11.6 Å². The summed E-state index contributed by atoms with van der Waals surface area (Å²) in [6.07, 6.45) is 0. The van der Waals surface area contributed by atoms with Crippen LogP contribution in [-0.4, -0.2) is 23.7 Å². The molecule has 2 aromatic carbocycles. The van der Waals surface area contributed by atoms with E-state index >= 15 is 0 Å². The number of halogens is 1. The monoisotopic (exact) mass is 415 g/mol. The Bertz CT molecular complexity index is 960. The average Bonchev–Trinajstić information content (AvgIpc) is 2.68. The number of ether oxygens (including phenoxy) is 1. The highest BCUT2D eigenvalue weighted by atomic mass is 35.5. The van der Waals surface area contributed by atoms with Crippen molar-refractivity contribution in [3.05, 3.63) is 69.9 Å². The van der Waals surface area contributed by atoms with Crippen molar-refractivity contribution in [1.82, 2.24) is 16.0 Å². The zero-order valence-electron chi connectivity index (χ0n) is 16.1. The van der Waals surface area contributed by atoms with Gasteiger partial charge in [0.15, 0.2) is 11.5 Å². The van der Waals surface area contributed by atoms with E-state index in [-0.39, 0.29) is 22.4 Å². The number of nitrogens with one attached hydrogen (secondary N) is 3. The molecule has 0 saturated carbocycles. The second kappa shape index (κ2) is 8.87. The molecule has 0 aromatic heterocycles. The number of phenols is 1. The van der Waals surface area contributed by atoms with Gasteiger partial charge in [-0.15, -0.1) is 0 Å². The van der Waals surface area contributed by atoms with E-state index in [0.29, 0.717) is 30.0 Å². The Labute approximate surface area is 173 Å². The number of phenolic OH excluding ortho intramolecular Hbond substituents is 1. The minimum Gasteiger partial charge on any atom is -0.504 e. The summed E-state index contributed by atoms with van der Waals surface area (Å²) in [5.41, 5.74) is 2.15. The van der Waals surface area contributed by atoms with Gasteiger partial charge >= 0.3 is 6.03 Å². The minimum absolute atomic E-state index is 0.114. The Balaban J connectivity index is 1.94. The number of amides is 3. The van der Waals surface area contributed by atoms with Crippen molar-refractivity contribution in [1.29, 1.82) is 0 Å². The topological polar surface area (TPSA) is 99.7 Å². The highest BCUT2D eigenvalue weighted by molar-refractivity contribution is 6.31. The fourth-order valence-electron chi connectivity index (χ4n) is 3.15. The van der Waals surface area contributed by atoms with Gasteiger partial charge in [-0.1, -0.05) is 41.9 Å². The molecular formula is C21H22ClN3O4. The van der Waals surface area contributed by atoms with Gasteiger partial charge in [-0.3, -0.25) is 4.79 Å². The molecule has 0 spiro atoms. The number of hydrogen-bond acceptors (Lipinski definition) is 4. The molecule has 7 nitrogen and oxygen atoms in total. The largest absolute Gasteiger partial charge is 0.504 e. The lowest BCUT2D eigenvalue weighted by molar-refractivity contribution is -0.118. The number of carbonyl (C=O) groups excluding carboxylic acids is 2. The van der Waals surface area contributed by atoms with Crippen molar-refractivity contribution in [2.24, 2.45) is 0 Å². The van der Waals surface area contributed by atoms with Gasteiger partial charge < -0.3 is 25.8 Å². The zero-order valence-corrected chi connectivity index (χ0v) is 16.8. The SMILES string of the molecule is CCOc1cc([C@@H]2NC(=O)NC(C)=C2C(=O)NCc2ccccc2)c(Cl)cc1O. The van der Waals surface area contributed by atoms with Crippen LogP contribution in [0, 0.1) is 0 Å². The van der Waals surface area contributed by atoms with Crippen molar-refractivity contribution in [2.45, 2.75) is 26.4 Å². The van der Waals surface area contributed by atoms with Crippen LogP contribution in [-0.2, 0) is 11.3 Å². The van der Waals surface area contributed by atoms with E-state index in [4.69, 9.17) is 16.3 Å². The van der Waals surface area contributed by atoms with Crippen molar-refractivity contribution in [2.75, 3.05) is 6.61 Å². The zero-order chi connectivity index (χ0) is 21.0. The standard InChI is InChI=1S/C21H22ClN3O4/c1-3-29-17-9-14(15(22)10-16(17)26)19-18(12(2)24-21(28)25-19)20(27)23-11-13-7-5-4-6-8-13/h4-10,19,26H,3,11H2,1-2H3,(H,23,27)(H2,24,25,28)/t19-/m0/s1. The maximum absolute atomic E-state index is 13.0. The lowest BCUT2D eigenvalue weighted by atomic mass is 9.94. The molecule has 0 bridgehead atoms. The first-order valence-corrected chi connectivity index (χ1v) is 9.54. The van der Waals surface area contributed by atoms with E-state index in [9.17, 15) is 14.7 Å². The number of urea groups is 1. The fraction of sp³-hybridized carbons (Fsp3) is 0.238. The second-order valence-electron chi connectivity index (χ2n) is 6.51. The average molecular weight is 416 g/mol. The lowest BCUT2D eigenvalue weighted by Crippen LogP contribution is -2.47. The van der Waals surface area contributed by atoms with Crippen LogP contribution in [0.4, 0.5) is 4.79 Å². The molecule has 0 fully saturated rings. The number of rotatable bonds is 6. The summed E-state index contributed by atoms with van der Waals surface area (Å²) < 4.78 is 5.42. The van der Waals surface area contributed by atoms with Gasteiger partial charge in [-0.2, -0.15) is 0 Å². The number of aromatic hydroxyl groups is 1. The predicted octanol–water partition coefficient (Wildman–Crippen LogP) is 3.39. The first kappa shape index (κ1) is 20.5. The Morgan fingerprint density at radius 1 is 1.28 bits per heavy atom. The van der Waals surface area contributed by atoms with Gasteiger partial charge in [0, 0.05) is 23.9 Å². The number of hydrogen-bond donors (Lipinski definition) is 4. The molecule has 1 aliphatic heterocycles. The highest BCUT2D eigenvalue weighted by Crippen LogP contribution is 2.38. The normalized spacial score (nSPS) is 16.1. The van der Waals surface area contributed by atoms with Crippen LogP contribution in [0.25, 0.3) is 0 Å². The molecule has 3 amide bonds. The molecule has 0 unspecified atom stereocenters. The number of carbonyl (C=O) groups is 2. The third-order valence-electron chi connectivity index (χ3n) is 4.50. The van der Waals surface area contributed by atoms with Crippen LogP contribution in [0.15, 0.2) is 53.7 Å². The maximum Gasteiger partial charge on any atom is 0.319 e. The Morgan fingerprint density at radius 2 is 2.00 bits per heavy atom. The summed E-state index contributed by atoms with van der Waals surface area (Å²) in [6.45, 7) is 4.12. The Kier molecular flexibility index (Phi) is 6.29. The first-order valence-electron chi connectivity index (χ1n) is 9.16. The summed E-state index contributed by atoms with van der Waals surface area (Å²) in [5.74, 6) is -0.232. The number of allylic oxidation sites excluding steroid dienone is 1. The highest BCUT2D eigenvalue weighted by Gasteiger charge is 2.33. The molecule has 4 N–H and O–H groups in total. The fourth-order valence-corrected chi connectivity index (χ4v) is 3.42. The minimum atomic E-state index is -0.799. The van der Waals surface area contributed by atoms with E-state index in [1.54, 1.807) is 13.8 Å². The molecule has 8 heteroatoms. The van der Waals surface area contributed by atoms with E-state index < -0.39 is 12.1 Å². The second-order valence-corrected chi connectivity index (χ2v) is 6.92. The van der Waals surface area contributed by atoms with E-state index in [0.717, 1.165) is 5.56 Å². The smallest absolute Gasteiger partial charge is 0.319 e. The van der Waals surface area contributed by atoms with E-state index in [1.807, 2.05) is 30.3 Å². The van der Waals surface area contributed by atoms with Crippen molar-refractivity contribution in [3.8, 4) is 11.5 Å². The van der Waals surface area contributed by atoms with Gasteiger partial charge in [-0.25, -0.2) is 4.79 Å². The van der Waals surface area contributed by atoms with Crippen LogP contribution in [0.1, 0.15) is 31.0 Å². The van der Waals surface area contributed by atoms with Crippen molar-refractivity contribution in [3.63, 3.8) is 0 Å². The molecule has 152 valence electrons. The summed E-state index contributed by atoms with van der Waals surface area (Å²) in [5, 5.41) is 18.5. The van der Waals surface area contributed by atoms with Gasteiger partial charge in [0.1, 0.15) is 0 Å². The van der Waals surface area contributed by atoms with Crippen LogP contribution < -0.4 is 20.7 Å². The van der Waals surface area contributed by atoms with Gasteiger partial charge in [-0.05, 0) is 25.5 Å². The first-order chi connectivity index (χ1) is 13.9. The third-order valence-corrected chi connectivity index (χ3v) is 4.83. The maximum atomic E-state index is 13.0. The lowest BCUT2D eigenvalue weighted by Gasteiger charge is -2.29. The van der Waals surface area contributed by atoms with E-state index in [2.05, 4.69) is 16.0 Å². The summed E-state index contributed by atoms with van der Waals surface area (Å²) in [6, 6.07) is 11.1. The van der Waals surface area contributed by atoms with Gasteiger partial charge in [0.2, 0.25) is 0 Å². The van der Waals surface area contributed by atoms with Crippen LogP contribution in [0.2, 0.25) is 5.02 Å². The summed E-state index contributed by atoms with van der Waals surface area (Å²) in [4.78, 5) is 25.1. The Hall–Kier alpha value is -3.19. The number of benzene rings is 2.